The van der Waals surface area contributed by atoms with Gasteiger partial charge < -0.3 is 19.5 Å². The summed E-state index contributed by atoms with van der Waals surface area (Å²) in [5.74, 6) is 0.970. The molecule has 0 saturated carbocycles. The summed E-state index contributed by atoms with van der Waals surface area (Å²) in [5, 5.41) is 20.1. The van der Waals surface area contributed by atoms with E-state index in [9.17, 15) is 15.2 Å². The molecule has 25 heavy (non-hydrogen) atoms. The third-order valence-electron chi connectivity index (χ3n) is 4.56. The van der Waals surface area contributed by atoms with E-state index in [2.05, 4.69) is 6.07 Å². The average molecular weight is 342 g/mol. The molecule has 6 heteroatoms. The highest BCUT2D eigenvalue weighted by molar-refractivity contribution is 5.91. The van der Waals surface area contributed by atoms with E-state index in [1.54, 1.807) is 36.9 Å². The van der Waals surface area contributed by atoms with Crippen LogP contribution in [0, 0.1) is 11.3 Å². The molecule has 2 heterocycles. The predicted octanol–water partition coefficient (Wildman–Crippen LogP) is 2.28. The molecule has 0 bridgehead atoms. The van der Waals surface area contributed by atoms with Crippen LogP contribution in [0.2, 0.25) is 0 Å². The highest BCUT2D eigenvalue weighted by Crippen LogP contribution is 2.44. The van der Waals surface area contributed by atoms with Crippen LogP contribution in [0.3, 0.4) is 0 Å². The number of hydrogen-bond donors (Lipinski definition) is 1. The monoisotopic (exact) mass is 342 g/mol. The summed E-state index contributed by atoms with van der Waals surface area (Å²) in [6.07, 6.45) is 1.39. The lowest BCUT2D eigenvalue weighted by Crippen LogP contribution is -2.54. The first-order chi connectivity index (χ1) is 11.9. The zero-order valence-corrected chi connectivity index (χ0v) is 14.7. The maximum atomic E-state index is 12.5. The third kappa shape index (κ3) is 3.08. The molecule has 6 nitrogen and oxygen atoms in total. The number of benzene rings is 1. The first-order valence-electron chi connectivity index (χ1n) is 8.42. The number of rotatable bonds is 4. The van der Waals surface area contributed by atoms with Crippen molar-refractivity contribution in [1.82, 2.24) is 4.90 Å². The maximum absolute atomic E-state index is 12.5. The van der Waals surface area contributed by atoms with Gasteiger partial charge in [0.05, 0.1) is 30.8 Å². The lowest BCUT2D eigenvalue weighted by molar-refractivity contribution is -0.137. The van der Waals surface area contributed by atoms with E-state index in [4.69, 9.17) is 9.47 Å². The van der Waals surface area contributed by atoms with Crippen molar-refractivity contribution in [3.63, 3.8) is 0 Å². The molecule has 0 aliphatic carbocycles. The number of carbonyl (C=O) groups is 1. The predicted molar refractivity (Wildman–Crippen MR) is 90.7 cm³/mol. The Kier molecular flexibility index (Phi) is 4.44. The standard InChI is InChI=1S/C19H22N2O4/c1-4-7-24-13-9-16(22)21(11-13)17-14-8-12(10-20)5-6-15(14)25-19(2,3)18(17)23/h5-6,8-9,17-18,23H,4,7,11H2,1-3H3. The molecule has 1 amide bonds. The van der Waals surface area contributed by atoms with Crippen LogP contribution in [0.25, 0.3) is 0 Å². The summed E-state index contributed by atoms with van der Waals surface area (Å²) in [4.78, 5) is 14.1. The summed E-state index contributed by atoms with van der Waals surface area (Å²) in [7, 11) is 0. The number of amides is 1. The molecule has 0 saturated heterocycles. The van der Waals surface area contributed by atoms with E-state index in [-0.39, 0.29) is 5.91 Å². The van der Waals surface area contributed by atoms with Crippen LogP contribution in [-0.2, 0) is 9.53 Å². The second-order valence-corrected chi connectivity index (χ2v) is 6.88. The van der Waals surface area contributed by atoms with E-state index in [0.717, 1.165) is 6.42 Å². The minimum Gasteiger partial charge on any atom is -0.496 e. The van der Waals surface area contributed by atoms with Crippen molar-refractivity contribution < 1.29 is 19.4 Å². The summed E-state index contributed by atoms with van der Waals surface area (Å²) in [6, 6.07) is 6.56. The number of ether oxygens (including phenoxy) is 2. The fourth-order valence-electron chi connectivity index (χ4n) is 3.24. The van der Waals surface area contributed by atoms with Crippen molar-refractivity contribution in [2.45, 2.75) is 44.9 Å². The van der Waals surface area contributed by atoms with Gasteiger partial charge >= 0.3 is 0 Å². The molecule has 132 valence electrons. The van der Waals surface area contributed by atoms with E-state index < -0.39 is 17.7 Å². The molecule has 0 aromatic heterocycles. The highest BCUT2D eigenvalue weighted by Gasteiger charge is 2.47. The van der Waals surface area contributed by atoms with Gasteiger partial charge in [0.2, 0.25) is 0 Å². The second-order valence-electron chi connectivity index (χ2n) is 6.88. The van der Waals surface area contributed by atoms with E-state index in [1.807, 2.05) is 6.92 Å². The number of nitrogens with zero attached hydrogens (tertiary/aromatic N) is 2. The quantitative estimate of drug-likeness (QED) is 0.908. The van der Waals surface area contributed by atoms with Crippen LogP contribution >= 0.6 is 0 Å². The molecular formula is C19H22N2O4. The summed E-state index contributed by atoms with van der Waals surface area (Å²) < 4.78 is 11.5. The third-order valence-corrected chi connectivity index (χ3v) is 4.56. The SMILES string of the molecule is CCCOC1=CC(=O)N(C2c3cc(C#N)ccc3OC(C)(C)C2O)C1. The number of fused-ring (bicyclic) bond motifs is 1. The van der Waals surface area contributed by atoms with Crippen molar-refractivity contribution in [3.8, 4) is 11.8 Å². The van der Waals surface area contributed by atoms with Gasteiger partial charge in [-0.3, -0.25) is 4.79 Å². The molecule has 2 unspecified atom stereocenters. The van der Waals surface area contributed by atoms with Crippen LogP contribution in [0.15, 0.2) is 30.0 Å². The lowest BCUT2D eigenvalue weighted by Gasteiger charge is -2.45. The topological polar surface area (TPSA) is 82.8 Å². The van der Waals surface area contributed by atoms with Gasteiger partial charge in [-0.25, -0.2) is 0 Å². The fraction of sp³-hybridized carbons (Fsp3) is 0.474. The molecule has 0 spiro atoms. The molecule has 3 rings (SSSR count). The molecule has 1 aromatic carbocycles. The van der Waals surface area contributed by atoms with Gasteiger partial charge in [0.15, 0.2) is 0 Å². The van der Waals surface area contributed by atoms with Gasteiger partial charge in [0.1, 0.15) is 23.2 Å². The summed E-state index contributed by atoms with van der Waals surface area (Å²) in [5.41, 5.74) is 0.241. The Morgan fingerprint density at radius 3 is 2.92 bits per heavy atom. The van der Waals surface area contributed by atoms with Crippen molar-refractivity contribution in [2.75, 3.05) is 13.2 Å². The Hall–Kier alpha value is -2.52. The van der Waals surface area contributed by atoms with Gasteiger partial charge in [-0.1, -0.05) is 6.92 Å². The molecule has 2 atom stereocenters. The molecule has 2 aliphatic rings. The first-order valence-corrected chi connectivity index (χ1v) is 8.42. The summed E-state index contributed by atoms with van der Waals surface area (Å²) in [6.45, 7) is 6.42. The summed E-state index contributed by atoms with van der Waals surface area (Å²) >= 11 is 0. The first kappa shape index (κ1) is 17.3. The minimum absolute atomic E-state index is 0.207. The van der Waals surface area contributed by atoms with E-state index >= 15 is 0 Å². The Morgan fingerprint density at radius 2 is 2.24 bits per heavy atom. The normalized spacial score (nSPS) is 24.2. The number of aliphatic hydroxyl groups excluding tert-OH is 1. The molecule has 1 N–H and O–H groups in total. The second kappa shape index (κ2) is 6.41. The maximum Gasteiger partial charge on any atom is 0.251 e. The van der Waals surface area contributed by atoms with Crippen molar-refractivity contribution in [3.05, 3.63) is 41.2 Å². The van der Waals surface area contributed by atoms with Crippen LogP contribution in [0.5, 0.6) is 5.75 Å². The van der Waals surface area contributed by atoms with Gasteiger partial charge in [-0.2, -0.15) is 5.26 Å². The number of hydrogen-bond acceptors (Lipinski definition) is 5. The van der Waals surface area contributed by atoms with E-state index in [1.165, 1.54) is 6.08 Å². The van der Waals surface area contributed by atoms with Gasteiger partial charge in [0.25, 0.3) is 5.91 Å². The fourth-order valence-corrected chi connectivity index (χ4v) is 3.24. The van der Waals surface area contributed by atoms with Crippen LogP contribution < -0.4 is 4.74 Å². The molecule has 0 fully saturated rings. The molecular weight excluding hydrogens is 320 g/mol. The Balaban J connectivity index is 1.98. The van der Waals surface area contributed by atoms with Crippen molar-refractivity contribution in [2.24, 2.45) is 0 Å². The molecule has 1 aromatic rings. The van der Waals surface area contributed by atoms with E-state index in [0.29, 0.717) is 35.8 Å². The number of carbonyl (C=O) groups excluding carboxylic acids is 1. The number of nitriles is 1. The Bertz CT molecular complexity index is 763. The zero-order valence-electron chi connectivity index (χ0n) is 14.7. The van der Waals surface area contributed by atoms with Crippen LogP contribution in [0.1, 0.15) is 44.4 Å². The Morgan fingerprint density at radius 1 is 1.48 bits per heavy atom. The Labute approximate surface area is 147 Å². The van der Waals surface area contributed by atoms with Gasteiger partial charge in [0, 0.05) is 11.6 Å². The molecule has 0 radical (unpaired) electrons. The average Bonchev–Trinajstić information content (AvgIpc) is 2.94. The van der Waals surface area contributed by atoms with Gasteiger partial charge in [-0.05, 0) is 38.5 Å². The smallest absolute Gasteiger partial charge is 0.251 e. The van der Waals surface area contributed by atoms with Gasteiger partial charge in [-0.15, -0.1) is 0 Å². The van der Waals surface area contributed by atoms with Crippen molar-refractivity contribution in [1.29, 1.82) is 5.26 Å². The highest BCUT2D eigenvalue weighted by atomic mass is 16.5. The van der Waals surface area contributed by atoms with Crippen LogP contribution in [0.4, 0.5) is 0 Å². The zero-order chi connectivity index (χ0) is 18.2. The van der Waals surface area contributed by atoms with Crippen molar-refractivity contribution >= 4 is 5.91 Å². The minimum atomic E-state index is -0.934. The largest absolute Gasteiger partial charge is 0.496 e. The number of aliphatic hydroxyl groups is 1. The van der Waals surface area contributed by atoms with Crippen LogP contribution in [-0.4, -0.2) is 40.8 Å². The molecule has 2 aliphatic heterocycles. The lowest BCUT2D eigenvalue weighted by atomic mass is 9.85.